The minimum atomic E-state index is -0.308. The van der Waals surface area contributed by atoms with Crippen molar-refractivity contribution in [2.75, 3.05) is 6.54 Å². The monoisotopic (exact) mass is 196 g/mol. The molecule has 0 spiro atoms. The quantitative estimate of drug-likeness (QED) is 0.682. The van der Waals surface area contributed by atoms with Crippen molar-refractivity contribution < 1.29 is 9.59 Å². The van der Waals surface area contributed by atoms with Crippen LogP contribution in [0.2, 0.25) is 0 Å². The zero-order valence-corrected chi connectivity index (χ0v) is 8.62. The number of nitrogens with zero attached hydrogens (tertiary/aromatic N) is 1. The van der Waals surface area contributed by atoms with Gasteiger partial charge in [-0.1, -0.05) is 13.8 Å². The summed E-state index contributed by atoms with van der Waals surface area (Å²) in [6.45, 7) is 4.17. The SMILES string of the molecule is CC(C)C1NC(=O)CN(C2CC2)C1=O. The Morgan fingerprint density at radius 3 is 2.50 bits per heavy atom. The standard InChI is InChI=1S/C10H16N2O2/c1-6(2)9-10(14)12(7-3-4-7)5-8(13)11-9/h6-7,9H,3-5H2,1-2H3,(H,11,13). The number of carbonyl (C=O) groups excluding carboxylic acids is 2. The van der Waals surface area contributed by atoms with Gasteiger partial charge in [0.05, 0.1) is 6.54 Å². The highest BCUT2D eigenvalue weighted by Gasteiger charge is 2.41. The molecule has 1 unspecified atom stereocenters. The summed E-state index contributed by atoms with van der Waals surface area (Å²) < 4.78 is 0. The van der Waals surface area contributed by atoms with Crippen molar-refractivity contribution in [3.05, 3.63) is 0 Å². The Morgan fingerprint density at radius 1 is 1.36 bits per heavy atom. The average Bonchev–Trinajstić information content (AvgIpc) is 2.91. The highest BCUT2D eigenvalue weighted by atomic mass is 16.2. The predicted molar refractivity (Wildman–Crippen MR) is 51.5 cm³/mol. The van der Waals surface area contributed by atoms with E-state index in [1.54, 1.807) is 4.90 Å². The Kier molecular flexibility index (Phi) is 2.21. The van der Waals surface area contributed by atoms with E-state index in [9.17, 15) is 9.59 Å². The Morgan fingerprint density at radius 2 is 2.00 bits per heavy atom. The fourth-order valence-electron chi connectivity index (χ4n) is 1.84. The van der Waals surface area contributed by atoms with E-state index >= 15 is 0 Å². The summed E-state index contributed by atoms with van der Waals surface area (Å²) in [5, 5.41) is 2.75. The second-order valence-electron chi connectivity index (χ2n) is 4.49. The average molecular weight is 196 g/mol. The van der Waals surface area contributed by atoms with E-state index in [1.807, 2.05) is 13.8 Å². The van der Waals surface area contributed by atoms with Gasteiger partial charge in [0.1, 0.15) is 6.04 Å². The highest BCUT2D eigenvalue weighted by Crippen LogP contribution is 2.29. The van der Waals surface area contributed by atoms with Crippen LogP contribution in [0.1, 0.15) is 26.7 Å². The fraction of sp³-hybridized carbons (Fsp3) is 0.800. The van der Waals surface area contributed by atoms with Crippen molar-refractivity contribution in [1.29, 1.82) is 0 Å². The second-order valence-corrected chi connectivity index (χ2v) is 4.49. The van der Waals surface area contributed by atoms with Crippen molar-refractivity contribution >= 4 is 11.8 Å². The summed E-state index contributed by atoms with van der Waals surface area (Å²) in [7, 11) is 0. The maximum absolute atomic E-state index is 11.9. The van der Waals surface area contributed by atoms with Crippen LogP contribution in [0.3, 0.4) is 0 Å². The molecule has 0 radical (unpaired) electrons. The topological polar surface area (TPSA) is 49.4 Å². The lowest BCUT2D eigenvalue weighted by Crippen LogP contribution is -2.60. The molecule has 0 bridgehead atoms. The number of rotatable bonds is 2. The molecule has 1 saturated carbocycles. The van der Waals surface area contributed by atoms with Crippen molar-refractivity contribution in [2.45, 2.75) is 38.8 Å². The second kappa shape index (κ2) is 3.26. The smallest absolute Gasteiger partial charge is 0.246 e. The molecule has 2 aliphatic rings. The summed E-state index contributed by atoms with van der Waals surface area (Å²) in [6.07, 6.45) is 2.12. The Balaban J connectivity index is 2.11. The third-order valence-corrected chi connectivity index (χ3v) is 2.83. The predicted octanol–water partition coefficient (Wildman–Crippen LogP) is 0.132. The molecule has 2 rings (SSSR count). The summed E-state index contributed by atoms with van der Waals surface area (Å²) in [5.41, 5.74) is 0. The number of amides is 2. The molecule has 1 atom stereocenters. The molecular formula is C10H16N2O2. The molecule has 0 aromatic rings. The maximum Gasteiger partial charge on any atom is 0.246 e. The molecule has 4 heteroatoms. The minimum Gasteiger partial charge on any atom is -0.343 e. The lowest BCUT2D eigenvalue weighted by Gasteiger charge is -2.34. The van der Waals surface area contributed by atoms with Gasteiger partial charge in [0.2, 0.25) is 11.8 Å². The Labute approximate surface area is 83.6 Å². The molecule has 1 aliphatic heterocycles. The molecule has 2 amide bonds. The van der Waals surface area contributed by atoms with Gasteiger partial charge in [-0.05, 0) is 18.8 Å². The first kappa shape index (κ1) is 9.49. The van der Waals surface area contributed by atoms with Crippen LogP contribution in [0.25, 0.3) is 0 Å². The minimum absolute atomic E-state index is 0.0183. The van der Waals surface area contributed by atoms with E-state index in [1.165, 1.54) is 0 Å². The zero-order chi connectivity index (χ0) is 10.3. The highest BCUT2D eigenvalue weighted by molar-refractivity contribution is 5.95. The third kappa shape index (κ3) is 1.61. The summed E-state index contributed by atoms with van der Waals surface area (Å²) in [4.78, 5) is 25.0. The Bertz CT molecular complexity index is 255. The fourth-order valence-corrected chi connectivity index (χ4v) is 1.84. The van der Waals surface area contributed by atoms with Crippen molar-refractivity contribution in [1.82, 2.24) is 10.2 Å². The number of piperazine rings is 1. The van der Waals surface area contributed by atoms with Gasteiger partial charge >= 0.3 is 0 Å². The molecule has 0 aromatic carbocycles. The molecule has 1 saturated heterocycles. The van der Waals surface area contributed by atoms with Crippen molar-refractivity contribution in [3.8, 4) is 0 Å². The van der Waals surface area contributed by atoms with Crippen LogP contribution in [0.5, 0.6) is 0 Å². The molecule has 1 aliphatic carbocycles. The van der Waals surface area contributed by atoms with Gasteiger partial charge in [-0.15, -0.1) is 0 Å². The number of carbonyl (C=O) groups is 2. The molecule has 0 aromatic heterocycles. The number of nitrogens with one attached hydrogen (secondary N) is 1. The first-order chi connectivity index (χ1) is 6.59. The first-order valence-electron chi connectivity index (χ1n) is 5.19. The normalized spacial score (nSPS) is 28.2. The zero-order valence-electron chi connectivity index (χ0n) is 8.62. The van der Waals surface area contributed by atoms with Gasteiger partial charge in [-0.2, -0.15) is 0 Å². The van der Waals surface area contributed by atoms with Crippen LogP contribution >= 0.6 is 0 Å². The van der Waals surface area contributed by atoms with Crippen LogP contribution < -0.4 is 5.32 Å². The van der Waals surface area contributed by atoms with Crippen LogP contribution in [0, 0.1) is 5.92 Å². The van der Waals surface area contributed by atoms with Crippen molar-refractivity contribution in [3.63, 3.8) is 0 Å². The lowest BCUT2D eigenvalue weighted by atomic mass is 10.0. The van der Waals surface area contributed by atoms with E-state index in [2.05, 4.69) is 5.32 Å². The summed E-state index contributed by atoms with van der Waals surface area (Å²) in [5.74, 6) is 0.255. The number of hydrogen-bond acceptors (Lipinski definition) is 2. The molecule has 4 nitrogen and oxygen atoms in total. The van der Waals surface area contributed by atoms with E-state index in [0.717, 1.165) is 12.8 Å². The van der Waals surface area contributed by atoms with Crippen LogP contribution in [0.4, 0.5) is 0 Å². The first-order valence-corrected chi connectivity index (χ1v) is 5.19. The molecule has 1 heterocycles. The summed E-state index contributed by atoms with van der Waals surface area (Å²) in [6, 6.07) is 0.0339. The molecule has 1 N–H and O–H groups in total. The van der Waals surface area contributed by atoms with E-state index < -0.39 is 0 Å². The van der Waals surface area contributed by atoms with Crippen LogP contribution in [-0.2, 0) is 9.59 Å². The lowest BCUT2D eigenvalue weighted by molar-refractivity contribution is -0.146. The van der Waals surface area contributed by atoms with Gasteiger partial charge in [-0.3, -0.25) is 9.59 Å². The number of hydrogen-bond donors (Lipinski definition) is 1. The van der Waals surface area contributed by atoms with E-state index in [4.69, 9.17) is 0 Å². The molecular weight excluding hydrogens is 180 g/mol. The van der Waals surface area contributed by atoms with Crippen LogP contribution in [0.15, 0.2) is 0 Å². The summed E-state index contributed by atoms with van der Waals surface area (Å²) >= 11 is 0. The largest absolute Gasteiger partial charge is 0.343 e. The molecule has 14 heavy (non-hydrogen) atoms. The van der Waals surface area contributed by atoms with Crippen molar-refractivity contribution in [2.24, 2.45) is 5.92 Å². The van der Waals surface area contributed by atoms with Gasteiger partial charge in [0.25, 0.3) is 0 Å². The molecule has 78 valence electrons. The van der Waals surface area contributed by atoms with Crippen LogP contribution in [-0.4, -0.2) is 35.3 Å². The van der Waals surface area contributed by atoms with Gasteiger partial charge in [0, 0.05) is 6.04 Å². The molecule has 2 fully saturated rings. The third-order valence-electron chi connectivity index (χ3n) is 2.83. The maximum atomic E-state index is 11.9. The van der Waals surface area contributed by atoms with E-state index in [0.29, 0.717) is 6.04 Å². The Hall–Kier alpha value is -1.06. The van der Waals surface area contributed by atoms with Gasteiger partial charge < -0.3 is 10.2 Å². The van der Waals surface area contributed by atoms with Gasteiger partial charge in [-0.25, -0.2) is 0 Å². The van der Waals surface area contributed by atoms with Gasteiger partial charge in [0.15, 0.2) is 0 Å². The van der Waals surface area contributed by atoms with E-state index in [-0.39, 0.29) is 30.3 Å².